The molecule has 0 radical (unpaired) electrons. The molecule has 0 spiro atoms. The summed E-state index contributed by atoms with van der Waals surface area (Å²) in [6.45, 7) is 2.86. The van der Waals surface area contributed by atoms with Crippen molar-refractivity contribution in [1.29, 1.82) is 0 Å². The van der Waals surface area contributed by atoms with Gasteiger partial charge in [0.2, 0.25) is 9.84 Å². The molecule has 27 heavy (non-hydrogen) atoms. The van der Waals surface area contributed by atoms with E-state index in [4.69, 9.17) is 0 Å². The van der Waals surface area contributed by atoms with Crippen LogP contribution in [0.2, 0.25) is 0 Å². The van der Waals surface area contributed by atoms with E-state index < -0.39 is 21.5 Å². The minimum absolute atomic E-state index is 0. The van der Waals surface area contributed by atoms with Gasteiger partial charge in [0.05, 0.1) is 9.79 Å². The summed E-state index contributed by atoms with van der Waals surface area (Å²) in [4.78, 5) is 2.07. The van der Waals surface area contributed by atoms with Gasteiger partial charge in [-0.15, -0.1) is 12.4 Å². The lowest BCUT2D eigenvalue weighted by Gasteiger charge is -2.33. The molecular weight excluding hydrogens is 394 g/mol. The van der Waals surface area contributed by atoms with Crippen molar-refractivity contribution in [3.05, 3.63) is 53.6 Å². The average Bonchev–Trinajstić information content (AvgIpc) is 3.05. The summed E-state index contributed by atoms with van der Waals surface area (Å²) in [6, 6.07) is 7.86. The third-order valence-electron chi connectivity index (χ3n) is 5.19. The van der Waals surface area contributed by atoms with Gasteiger partial charge < -0.3 is 10.2 Å². The normalized spacial score (nSPS) is 17.5. The Labute approximate surface area is 163 Å². The first kappa shape index (κ1) is 20.0. The molecule has 0 unspecified atom stereocenters. The molecule has 2 aromatic carbocycles. The van der Waals surface area contributed by atoms with Crippen LogP contribution in [0.15, 0.2) is 46.2 Å². The quantitative estimate of drug-likeness (QED) is 0.837. The summed E-state index contributed by atoms with van der Waals surface area (Å²) in [5.41, 5.74) is 2.04. The van der Waals surface area contributed by atoms with E-state index >= 15 is 0 Å². The molecule has 0 bridgehead atoms. The number of nitrogens with zero attached hydrogens (tertiary/aromatic N) is 1. The molecule has 146 valence electrons. The Hall–Kier alpha value is -1.70. The maximum Gasteiger partial charge on any atom is 0.206 e. The fourth-order valence-electron chi connectivity index (χ4n) is 3.89. The van der Waals surface area contributed by atoms with Crippen molar-refractivity contribution in [1.82, 2.24) is 5.32 Å². The van der Waals surface area contributed by atoms with Crippen molar-refractivity contribution in [3.63, 3.8) is 0 Å². The molecule has 2 aliphatic rings. The van der Waals surface area contributed by atoms with Gasteiger partial charge >= 0.3 is 0 Å². The summed E-state index contributed by atoms with van der Waals surface area (Å²) in [5, 5.41) is 3.35. The second-order valence-electron chi connectivity index (χ2n) is 6.82. The van der Waals surface area contributed by atoms with Crippen molar-refractivity contribution >= 4 is 27.9 Å². The first-order chi connectivity index (χ1) is 12.4. The van der Waals surface area contributed by atoms with E-state index in [0.29, 0.717) is 12.1 Å². The van der Waals surface area contributed by atoms with Gasteiger partial charge in [0.25, 0.3) is 0 Å². The SMILES string of the molecule is Cl.O=S(=O)(c1cc(F)cc(F)c1)c1ccc2c(c1)CCN2C1CCNCC1. The van der Waals surface area contributed by atoms with Crippen LogP contribution in [0.3, 0.4) is 0 Å². The van der Waals surface area contributed by atoms with Gasteiger partial charge in [-0.2, -0.15) is 0 Å². The first-order valence-corrected chi connectivity index (χ1v) is 10.2. The molecule has 2 aliphatic heterocycles. The van der Waals surface area contributed by atoms with E-state index in [-0.39, 0.29) is 22.2 Å². The Bertz CT molecular complexity index is 926. The predicted octanol–water partition coefficient (Wildman–Crippen LogP) is 3.33. The Morgan fingerprint density at radius 3 is 2.30 bits per heavy atom. The Kier molecular flexibility index (Phi) is 5.74. The van der Waals surface area contributed by atoms with E-state index in [2.05, 4.69) is 10.2 Å². The van der Waals surface area contributed by atoms with Gasteiger partial charge in [0, 0.05) is 24.3 Å². The van der Waals surface area contributed by atoms with Gasteiger partial charge in [0.15, 0.2) is 0 Å². The fourth-order valence-corrected chi connectivity index (χ4v) is 5.24. The molecule has 2 aromatic rings. The smallest absolute Gasteiger partial charge is 0.206 e. The summed E-state index contributed by atoms with van der Waals surface area (Å²) in [5.74, 6) is -1.80. The van der Waals surface area contributed by atoms with Crippen LogP contribution in [0.25, 0.3) is 0 Å². The number of rotatable bonds is 3. The largest absolute Gasteiger partial charge is 0.368 e. The first-order valence-electron chi connectivity index (χ1n) is 8.76. The van der Waals surface area contributed by atoms with Crippen molar-refractivity contribution in [2.24, 2.45) is 0 Å². The van der Waals surface area contributed by atoms with Gasteiger partial charge in [0.1, 0.15) is 11.6 Å². The minimum atomic E-state index is -3.96. The van der Waals surface area contributed by atoms with E-state index in [1.165, 1.54) is 6.07 Å². The summed E-state index contributed by atoms with van der Waals surface area (Å²) in [7, 11) is -3.96. The zero-order valence-electron chi connectivity index (χ0n) is 14.6. The van der Waals surface area contributed by atoms with Crippen LogP contribution in [0, 0.1) is 11.6 Å². The number of halogens is 3. The third kappa shape index (κ3) is 3.81. The number of benzene rings is 2. The second kappa shape index (κ2) is 7.73. The van der Waals surface area contributed by atoms with Crippen molar-refractivity contribution in [3.8, 4) is 0 Å². The molecule has 4 rings (SSSR count). The van der Waals surface area contributed by atoms with Crippen LogP contribution in [-0.2, 0) is 16.3 Å². The van der Waals surface area contributed by atoms with E-state index in [1.807, 2.05) is 6.07 Å². The lowest BCUT2D eigenvalue weighted by atomic mass is 10.0. The van der Waals surface area contributed by atoms with Crippen LogP contribution in [-0.4, -0.2) is 34.1 Å². The molecule has 1 fully saturated rings. The number of hydrogen-bond donors (Lipinski definition) is 1. The van der Waals surface area contributed by atoms with Gasteiger partial charge in [-0.1, -0.05) is 0 Å². The average molecular weight is 415 g/mol. The fraction of sp³-hybridized carbons (Fsp3) is 0.368. The molecule has 8 heteroatoms. The predicted molar refractivity (Wildman–Crippen MR) is 102 cm³/mol. The number of hydrogen-bond acceptors (Lipinski definition) is 4. The maximum atomic E-state index is 13.4. The molecule has 1 saturated heterocycles. The highest BCUT2D eigenvalue weighted by atomic mass is 35.5. The van der Waals surface area contributed by atoms with Crippen molar-refractivity contribution in [2.75, 3.05) is 24.5 Å². The molecule has 1 N–H and O–H groups in total. The van der Waals surface area contributed by atoms with E-state index in [9.17, 15) is 17.2 Å². The highest BCUT2D eigenvalue weighted by Crippen LogP contribution is 2.35. The van der Waals surface area contributed by atoms with Crippen LogP contribution in [0.1, 0.15) is 18.4 Å². The maximum absolute atomic E-state index is 13.4. The summed E-state index contributed by atoms with van der Waals surface area (Å²) in [6.07, 6.45) is 2.92. The van der Waals surface area contributed by atoms with Crippen molar-refractivity contribution in [2.45, 2.75) is 35.1 Å². The van der Waals surface area contributed by atoms with E-state index in [0.717, 1.165) is 62.3 Å². The second-order valence-corrected chi connectivity index (χ2v) is 8.77. The van der Waals surface area contributed by atoms with Crippen LogP contribution < -0.4 is 10.2 Å². The lowest BCUT2D eigenvalue weighted by Crippen LogP contribution is -2.42. The summed E-state index contributed by atoms with van der Waals surface area (Å²) < 4.78 is 52.4. The molecule has 0 amide bonds. The number of piperidine rings is 1. The Morgan fingerprint density at radius 1 is 0.963 bits per heavy atom. The standard InChI is InChI=1S/C19H20F2N2O2S.ClH/c20-14-10-15(21)12-18(11-14)26(24,25)17-1-2-19-13(9-17)5-8-23(19)16-3-6-22-7-4-16;/h1-2,9-12,16,22H,3-8H2;1H. The summed E-state index contributed by atoms with van der Waals surface area (Å²) >= 11 is 0. The van der Waals surface area contributed by atoms with Gasteiger partial charge in [-0.25, -0.2) is 17.2 Å². The molecule has 0 aliphatic carbocycles. The monoisotopic (exact) mass is 414 g/mol. The zero-order valence-corrected chi connectivity index (χ0v) is 16.3. The van der Waals surface area contributed by atoms with Crippen LogP contribution in [0.4, 0.5) is 14.5 Å². The minimum Gasteiger partial charge on any atom is -0.368 e. The third-order valence-corrected chi connectivity index (χ3v) is 6.92. The molecule has 4 nitrogen and oxygen atoms in total. The van der Waals surface area contributed by atoms with Gasteiger partial charge in [-0.3, -0.25) is 0 Å². The molecule has 2 heterocycles. The number of sulfone groups is 1. The lowest BCUT2D eigenvalue weighted by molar-refractivity contribution is 0.435. The zero-order chi connectivity index (χ0) is 18.3. The Morgan fingerprint density at radius 2 is 1.63 bits per heavy atom. The van der Waals surface area contributed by atoms with Gasteiger partial charge in [-0.05, 0) is 68.2 Å². The van der Waals surface area contributed by atoms with Crippen LogP contribution in [0.5, 0.6) is 0 Å². The molecule has 0 saturated carbocycles. The molecule has 0 aromatic heterocycles. The number of fused-ring (bicyclic) bond motifs is 1. The highest BCUT2D eigenvalue weighted by molar-refractivity contribution is 7.91. The van der Waals surface area contributed by atoms with E-state index in [1.54, 1.807) is 6.07 Å². The van der Waals surface area contributed by atoms with Crippen molar-refractivity contribution < 1.29 is 17.2 Å². The Balaban J connectivity index is 0.00000210. The molecular formula is C19H21ClF2N2O2S. The number of nitrogens with one attached hydrogen (secondary N) is 1. The highest BCUT2D eigenvalue weighted by Gasteiger charge is 2.29. The topological polar surface area (TPSA) is 49.4 Å². The van der Waals surface area contributed by atoms with Crippen LogP contribution >= 0.6 is 12.4 Å². The number of anilines is 1. The molecule has 0 atom stereocenters.